The Bertz CT molecular complexity index is 253. The van der Waals surface area contributed by atoms with E-state index in [0.717, 1.165) is 0 Å². The van der Waals surface area contributed by atoms with E-state index in [2.05, 4.69) is 5.32 Å². The number of methoxy groups -OCH3 is 1. The van der Waals surface area contributed by atoms with Crippen molar-refractivity contribution in [1.82, 2.24) is 5.32 Å². The summed E-state index contributed by atoms with van der Waals surface area (Å²) in [5.74, 6) is 0.285. The predicted octanol–water partition coefficient (Wildman–Crippen LogP) is 0.935. The van der Waals surface area contributed by atoms with Crippen LogP contribution in [0, 0.1) is 11.3 Å². The molecule has 1 aliphatic carbocycles. The van der Waals surface area contributed by atoms with Crippen molar-refractivity contribution in [3.05, 3.63) is 0 Å². The summed E-state index contributed by atoms with van der Waals surface area (Å²) in [5, 5.41) is 12.5. The summed E-state index contributed by atoms with van der Waals surface area (Å²) in [6, 6.07) is 0.102. The van der Waals surface area contributed by atoms with Gasteiger partial charge in [-0.3, -0.25) is 4.79 Å². The zero-order valence-corrected chi connectivity index (χ0v) is 10.6. The van der Waals surface area contributed by atoms with Crippen LogP contribution in [-0.4, -0.2) is 36.9 Å². The van der Waals surface area contributed by atoms with Gasteiger partial charge in [0.1, 0.15) is 0 Å². The van der Waals surface area contributed by atoms with Crippen molar-refractivity contribution in [2.24, 2.45) is 11.3 Å². The Morgan fingerprint density at radius 1 is 1.62 bits per heavy atom. The summed E-state index contributed by atoms with van der Waals surface area (Å²) in [5.41, 5.74) is -0.194. The molecule has 0 bridgehead atoms. The Morgan fingerprint density at radius 3 is 2.69 bits per heavy atom. The molecule has 0 saturated heterocycles. The lowest BCUT2D eigenvalue weighted by Crippen LogP contribution is -2.61. The van der Waals surface area contributed by atoms with Gasteiger partial charge in [0.25, 0.3) is 0 Å². The minimum absolute atomic E-state index is 0.0505. The number of carbonyl (C=O) groups is 1. The number of amides is 1. The van der Waals surface area contributed by atoms with Gasteiger partial charge in [-0.1, -0.05) is 20.8 Å². The summed E-state index contributed by atoms with van der Waals surface area (Å²) in [4.78, 5) is 11.7. The first-order chi connectivity index (χ1) is 7.37. The molecule has 94 valence electrons. The van der Waals surface area contributed by atoms with E-state index in [1.54, 1.807) is 7.11 Å². The first kappa shape index (κ1) is 13.5. The lowest BCUT2D eigenvalue weighted by Gasteiger charge is -2.49. The molecule has 0 aromatic carbocycles. The van der Waals surface area contributed by atoms with Crippen molar-refractivity contribution in [2.75, 3.05) is 13.7 Å². The van der Waals surface area contributed by atoms with Gasteiger partial charge in [0.2, 0.25) is 5.91 Å². The van der Waals surface area contributed by atoms with Crippen LogP contribution < -0.4 is 5.32 Å². The Morgan fingerprint density at radius 2 is 2.25 bits per heavy atom. The Kier molecular flexibility index (Phi) is 4.33. The minimum atomic E-state index is -0.297. The van der Waals surface area contributed by atoms with Crippen LogP contribution in [-0.2, 0) is 9.53 Å². The number of ether oxygens (including phenoxy) is 1. The van der Waals surface area contributed by atoms with Gasteiger partial charge in [0, 0.05) is 31.6 Å². The SMILES string of the molecule is COCC(C)CC(=O)NC1CC(O)C1(C)C. The molecule has 0 aromatic rings. The van der Waals surface area contributed by atoms with Gasteiger partial charge in [0.05, 0.1) is 6.10 Å². The van der Waals surface area contributed by atoms with Crippen LogP contribution in [0.5, 0.6) is 0 Å². The third-order valence-corrected chi connectivity index (χ3v) is 3.54. The van der Waals surface area contributed by atoms with Gasteiger partial charge >= 0.3 is 0 Å². The molecule has 16 heavy (non-hydrogen) atoms. The van der Waals surface area contributed by atoms with Gasteiger partial charge in [-0.15, -0.1) is 0 Å². The molecule has 0 aromatic heterocycles. The molecule has 1 fully saturated rings. The Balaban J connectivity index is 2.31. The first-order valence-corrected chi connectivity index (χ1v) is 5.84. The molecule has 1 aliphatic rings. The summed E-state index contributed by atoms with van der Waals surface area (Å²) in [7, 11) is 1.64. The molecule has 3 atom stereocenters. The molecule has 1 rings (SSSR count). The van der Waals surface area contributed by atoms with Crippen molar-refractivity contribution in [1.29, 1.82) is 0 Å². The normalized spacial score (nSPS) is 29.3. The molecular formula is C12H23NO3. The molecular weight excluding hydrogens is 206 g/mol. The van der Waals surface area contributed by atoms with Gasteiger partial charge in [-0.05, 0) is 12.3 Å². The number of rotatable bonds is 5. The van der Waals surface area contributed by atoms with Crippen molar-refractivity contribution in [2.45, 2.75) is 45.8 Å². The van der Waals surface area contributed by atoms with Crippen LogP contribution in [0.25, 0.3) is 0 Å². The third-order valence-electron chi connectivity index (χ3n) is 3.54. The van der Waals surface area contributed by atoms with E-state index in [-0.39, 0.29) is 29.4 Å². The van der Waals surface area contributed by atoms with Crippen molar-refractivity contribution < 1.29 is 14.6 Å². The van der Waals surface area contributed by atoms with Crippen LogP contribution in [0.2, 0.25) is 0 Å². The van der Waals surface area contributed by atoms with E-state index in [4.69, 9.17) is 4.74 Å². The second-order valence-corrected chi connectivity index (χ2v) is 5.46. The second kappa shape index (κ2) is 5.15. The van der Waals surface area contributed by atoms with E-state index in [9.17, 15) is 9.90 Å². The highest BCUT2D eigenvalue weighted by Gasteiger charge is 2.47. The third kappa shape index (κ3) is 2.95. The fraction of sp³-hybridized carbons (Fsp3) is 0.917. The topological polar surface area (TPSA) is 58.6 Å². The summed E-state index contributed by atoms with van der Waals surface area (Å²) in [6.07, 6.45) is 0.850. The van der Waals surface area contributed by atoms with Gasteiger partial charge in [-0.2, -0.15) is 0 Å². The van der Waals surface area contributed by atoms with Crippen LogP contribution in [0.3, 0.4) is 0 Å². The highest BCUT2D eigenvalue weighted by Crippen LogP contribution is 2.40. The summed E-state index contributed by atoms with van der Waals surface area (Å²) in [6.45, 7) is 6.54. The average molecular weight is 229 g/mol. The number of hydrogen-bond donors (Lipinski definition) is 2. The van der Waals surface area contributed by atoms with E-state index >= 15 is 0 Å². The second-order valence-electron chi connectivity index (χ2n) is 5.46. The van der Waals surface area contributed by atoms with E-state index in [1.807, 2.05) is 20.8 Å². The summed E-state index contributed by atoms with van der Waals surface area (Å²) < 4.78 is 4.99. The van der Waals surface area contributed by atoms with Crippen LogP contribution in [0.15, 0.2) is 0 Å². The average Bonchev–Trinajstić information content (AvgIpc) is 2.17. The molecule has 1 saturated carbocycles. The van der Waals surface area contributed by atoms with Gasteiger partial charge in [0.15, 0.2) is 0 Å². The van der Waals surface area contributed by atoms with Crippen molar-refractivity contribution >= 4 is 5.91 Å². The predicted molar refractivity (Wildman–Crippen MR) is 62.0 cm³/mol. The number of carbonyl (C=O) groups excluding carboxylic acids is 1. The maximum Gasteiger partial charge on any atom is 0.220 e. The molecule has 3 unspecified atom stereocenters. The number of hydrogen-bond acceptors (Lipinski definition) is 3. The largest absolute Gasteiger partial charge is 0.392 e. The zero-order chi connectivity index (χ0) is 12.3. The molecule has 4 heteroatoms. The van der Waals surface area contributed by atoms with E-state index in [1.165, 1.54) is 0 Å². The molecule has 4 nitrogen and oxygen atoms in total. The number of aliphatic hydroxyl groups excluding tert-OH is 1. The van der Waals surface area contributed by atoms with Gasteiger partial charge in [-0.25, -0.2) is 0 Å². The van der Waals surface area contributed by atoms with Crippen LogP contribution in [0.1, 0.15) is 33.6 Å². The fourth-order valence-electron chi connectivity index (χ4n) is 2.06. The van der Waals surface area contributed by atoms with Crippen LogP contribution >= 0.6 is 0 Å². The quantitative estimate of drug-likeness (QED) is 0.737. The molecule has 0 heterocycles. The number of nitrogens with one attached hydrogen (secondary N) is 1. The van der Waals surface area contributed by atoms with E-state index in [0.29, 0.717) is 19.4 Å². The molecule has 0 radical (unpaired) electrons. The lowest BCUT2D eigenvalue weighted by molar-refractivity contribution is -0.130. The fourth-order valence-corrected chi connectivity index (χ4v) is 2.06. The molecule has 0 spiro atoms. The Hall–Kier alpha value is -0.610. The van der Waals surface area contributed by atoms with Crippen molar-refractivity contribution in [3.8, 4) is 0 Å². The maximum atomic E-state index is 11.7. The highest BCUT2D eigenvalue weighted by atomic mass is 16.5. The zero-order valence-electron chi connectivity index (χ0n) is 10.6. The smallest absolute Gasteiger partial charge is 0.220 e. The highest BCUT2D eigenvalue weighted by molar-refractivity contribution is 5.76. The van der Waals surface area contributed by atoms with Gasteiger partial charge < -0.3 is 15.2 Å². The maximum absolute atomic E-state index is 11.7. The molecule has 0 aliphatic heterocycles. The lowest BCUT2D eigenvalue weighted by atomic mass is 9.64. The first-order valence-electron chi connectivity index (χ1n) is 5.84. The number of aliphatic hydroxyl groups is 1. The summed E-state index contributed by atoms with van der Waals surface area (Å²) >= 11 is 0. The minimum Gasteiger partial charge on any atom is -0.392 e. The standard InChI is InChI=1S/C12H23NO3/c1-8(7-16-4)5-11(15)13-9-6-10(14)12(9,2)3/h8-10,14H,5-7H2,1-4H3,(H,13,15). The molecule has 1 amide bonds. The van der Waals surface area contributed by atoms with E-state index < -0.39 is 0 Å². The van der Waals surface area contributed by atoms with Crippen molar-refractivity contribution in [3.63, 3.8) is 0 Å². The Labute approximate surface area is 97.4 Å². The molecule has 2 N–H and O–H groups in total. The monoisotopic (exact) mass is 229 g/mol. The van der Waals surface area contributed by atoms with Crippen LogP contribution in [0.4, 0.5) is 0 Å².